The minimum absolute atomic E-state index is 0.143. The van der Waals surface area contributed by atoms with Crippen LogP contribution in [0.4, 0.5) is 5.69 Å². The van der Waals surface area contributed by atoms with Crippen molar-refractivity contribution < 1.29 is 9.59 Å². The molecule has 0 N–H and O–H groups in total. The van der Waals surface area contributed by atoms with E-state index in [1.807, 2.05) is 0 Å². The van der Waals surface area contributed by atoms with E-state index in [1.54, 1.807) is 6.07 Å². The summed E-state index contributed by atoms with van der Waals surface area (Å²) < 4.78 is 0. The second-order valence-corrected chi connectivity index (χ2v) is 4.90. The molecule has 4 nitrogen and oxygen atoms in total. The second-order valence-electron chi connectivity index (χ2n) is 4.51. The van der Waals surface area contributed by atoms with Crippen molar-refractivity contribution in [2.45, 2.75) is 18.9 Å². The molecule has 1 aliphatic carbocycles. The number of fused-ring (bicyclic) bond motifs is 1. The molecule has 1 fully saturated rings. The summed E-state index contributed by atoms with van der Waals surface area (Å²) in [5.74, 6) is -0.706. The van der Waals surface area contributed by atoms with E-state index >= 15 is 0 Å². The van der Waals surface area contributed by atoms with E-state index in [0.29, 0.717) is 23.3 Å². The van der Waals surface area contributed by atoms with Crippen molar-refractivity contribution in [2.24, 2.45) is 5.92 Å². The first-order valence-corrected chi connectivity index (χ1v) is 6.00. The Morgan fingerprint density at radius 1 is 1.47 bits per heavy atom. The maximum absolute atomic E-state index is 12.0. The predicted octanol–water partition coefficient (Wildman–Crippen LogP) is 1.72. The lowest BCUT2D eigenvalue weighted by Crippen LogP contribution is -2.41. The highest BCUT2D eigenvalue weighted by Crippen LogP contribution is 2.38. The number of pyridine rings is 1. The molecule has 0 bridgehead atoms. The maximum atomic E-state index is 12.0. The van der Waals surface area contributed by atoms with Gasteiger partial charge in [-0.25, -0.2) is 4.98 Å². The lowest BCUT2D eigenvalue weighted by Gasteiger charge is -2.33. The Labute approximate surface area is 104 Å². The van der Waals surface area contributed by atoms with E-state index in [9.17, 15) is 9.59 Å². The van der Waals surface area contributed by atoms with Crippen molar-refractivity contribution in [1.82, 2.24) is 4.98 Å². The average Bonchev–Trinajstić information content (AvgIpc) is 3.13. The zero-order valence-corrected chi connectivity index (χ0v) is 9.85. The number of rotatable bonds is 2. The first kappa shape index (κ1) is 10.7. The van der Waals surface area contributed by atoms with Crippen LogP contribution < -0.4 is 4.90 Å². The summed E-state index contributed by atoms with van der Waals surface area (Å²) in [6.45, 7) is 0.473. The third kappa shape index (κ3) is 1.72. The summed E-state index contributed by atoms with van der Waals surface area (Å²) in [6.07, 6.45) is 4.43. The predicted molar refractivity (Wildman–Crippen MR) is 63.5 cm³/mol. The minimum atomic E-state index is -0.564. The number of Topliss-reactive ketones (excluding diaryl/α,β-unsaturated/α-hetero) is 1. The average molecular weight is 251 g/mol. The lowest BCUT2D eigenvalue weighted by molar-refractivity contribution is -0.109. The van der Waals surface area contributed by atoms with Gasteiger partial charge in [-0.3, -0.25) is 4.79 Å². The van der Waals surface area contributed by atoms with Crippen molar-refractivity contribution in [1.29, 1.82) is 0 Å². The fraction of sp³-hybridized carbons (Fsp3) is 0.417. The number of carbonyl (C=O) groups is 2. The number of nitrogens with zero attached hydrogens (tertiary/aromatic N) is 2. The van der Waals surface area contributed by atoms with Crippen LogP contribution in [0.3, 0.4) is 0 Å². The van der Waals surface area contributed by atoms with Crippen molar-refractivity contribution in [3.8, 4) is 0 Å². The van der Waals surface area contributed by atoms with Crippen molar-refractivity contribution in [2.75, 3.05) is 11.4 Å². The van der Waals surface area contributed by atoms with Gasteiger partial charge in [0.1, 0.15) is 11.4 Å². The Hall–Kier alpha value is -1.42. The molecule has 0 amide bonds. The number of anilines is 1. The molecule has 1 atom stereocenters. The third-order valence-corrected chi connectivity index (χ3v) is 3.51. The summed E-state index contributed by atoms with van der Waals surface area (Å²) in [5, 5.41) is 0.381. The molecule has 0 aromatic carbocycles. The molecule has 5 heteroatoms. The number of halogens is 1. The van der Waals surface area contributed by atoms with Crippen LogP contribution in [0.2, 0.25) is 5.15 Å². The van der Waals surface area contributed by atoms with Gasteiger partial charge in [-0.2, -0.15) is 0 Å². The van der Waals surface area contributed by atoms with Crippen LogP contribution in [0.15, 0.2) is 12.3 Å². The van der Waals surface area contributed by atoms with Gasteiger partial charge < -0.3 is 9.69 Å². The Bertz CT molecular complexity index is 499. The van der Waals surface area contributed by atoms with Gasteiger partial charge in [0.25, 0.3) is 0 Å². The highest BCUT2D eigenvalue weighted by atomic mass is 35.5. The molecule has 0 saturated heterocycles. The van der Waals surface area contributed by atoms with Gasteiger partial charge in [-0.1, -0.05) is 11.6 Å². The summed E-state index contributed by atoms with van der Waals surface area (Å²) >= 11 is 5.87. The summed E-state index contributed by atoms with van der Waals surface area (Å²) in [4.78, 5) is 29.0. The SMILES string of the molecule is O=CC1CN(C2CC2)c2cc(Cl)ncc2C1=O. The molecule has 1 aromatic heterocycles. The highest BCUT2D eigenvalue weighted by molar-refractivity contribution is 6.30. The first-order valence-electron chi connectivity index (χ1n) is 5.62. The van der Waals surface area contributed by atoms with Crippen LogP contribution in [-0.2, 0) is 4.79 Å². The molecule has 1 saturated carbocycles. The van der Waals surface area contributed by atoms with E-state index in [0.717, 1.165) is 24.8 Å². The number of ketones is 1. The molecular formula is C12H11ClN2O2. The number of aromatic nitrogens is 1. The van der Waals surface area contributed by atoms with Crippen LogP contribution in [0.5, 0.6) is 0 Å². The largest absolute Gasteiger partial charge is 0.367 e. The van der Waals surface area contributed by atoms with Gasteiger partial charge in [-0.05, 0) is 18.9 Å². The molecule has 0 radical (unpaired) electrons. The van der Waals surface area contributed by atoms with Crippen LogP contribution in [-0.4, -0.2) is 29.6 Å². The smallest absolute Gasteiger partial charge is 0.178 e. The lowest BCUT2D eigenvalue weighted by atomic mass is 9.93. The highest BCUT2D eigenvalue weighted by Gasteiger charge is 2.39. The molecule has 17 heavy (non-hydrogen) atoms. The van der Waals surface area contributed by atoms with Crippen molar-refractivity contribution in [3.05, 3.63) is 23.0 Å². The Morgan fingerprint density at radius 3 is 2.88 bits per heavy atom. The van der Waals surface area contributed by atoms with Gasteiger partial charge in [0.05, 0.1) is 17.2 Å². The van der Waals surface area contributed by atoms with E-state index in [4.69, 9.17) is 11.6 Å². The molecule has 0 spiro atoms. The summed E-state index contributed by atoms with van der Waals surface area (Å²) in [7, 11) is 0. The van der Waals surface area contributed by atoms with E-state index in [1.165, 1.54) is 6.20 Å². The minimum Gasteiger partial charge on any atom is -0.367 e. The molecule has 1 aromatic rings. The van der Waals surface area contributed by atoms with Crippen LogP contribution in [0.25, 0.3) is 0 Å². The van der Waals surface area contributed by atoms with E-state index in [-0.39, 0.29) is 5.78 Å². The zero-order chi connectivity index (χ0) is 12.0. The number of hydrogen-bond donors (Lipinski definition) is 0. The van der Waals surface area contributed by atoms with E-state index < -0.39 is 5.92 Å². The zero-order valence-electron chi connectivity index (χ0n) is 9.10. The fourth-order valence-electron chi connectivity index (χ4n) is 2.28. The Morgan fingerprint density at radius 2 is 2.24 bits per heavy atom. The standard InChI is InChI=1S/C12H11ClN2O2/c13-11-3-10-9(4-14-11)12(17)7(6-16)5-15(10)8-1-2-8/h3-4,6-8H,1-2,5H2. The Balaban J connectivity index is 2.10. The van der Waals surface area contributed by atoms with Crippen LogP contribution in [0, 0.1) is 5.92 Å². The topological polar surface area (TPSA) is 50.3 Å². The first-order chi connectivity index (χ1) is 8.20. The molecule has 88 valence electrons. The van der Waals surface area contributed by atoms with Crippen molar-refractivity contribution in [3.63, 3.8) is 0 Å². The van der Waals surface area contributed by atoms with Gasteiger partial charge in [0.2, 0.25) is 0 Å². The Kier molecular flexibility index (Phi) is 2.40. The molecular weight excluding hydrogens is 240 g/mol. The third-order valence-electron chi connectivity index (χ3n) is 3.31. The quantitative estimate of drug-likeness (QED) is 0.456. The summed E-state index contributed by atoms with van der Waals surface area (Å²) in [6, 6.07) is 2.16. The molecule has 2 aliphatic rings. The van der Waals surface area contributed by atoms with Crippen LogP contribution >= 0.6 is 11.6 Å². The van der Waals surface area contributed by atoms with Gasteiger partial charge >= 0.3 is 0 Å². The molecule has 2 heterocycles. The molecule has 1 aliphatic heterocycles. The molecule has 3 rings (SSSR count). The number of hydrogen-bond acceptors (Lipinski definition) is 4. The maximum Gasteiger partial charge on any atom is 0.178 e. The van der Waals surface area contributed by atoms with Gasteiger partial charge in [-0.15, -0.1) is 0 Å². The second kappa shape index (κ2) is 3.81. The van der Waals surface area contributed by atoms with Gasteiger partial charge in [0.15, 0.2) is 5.78 Å². The monoisotopic (exact) mass is 250 g/mol. The fourth-order valence-corrected chi connectivity index (χ4v) is 2.43. The van der Waals surface area contributed by atoms with E-state index in [2.05, 4.69) is 9.88 Å². The summed E-state index contributed by atoms with van der Waals surface area (Å²) in [5.41, 5.74) is 1.35. The normalized spacial score (nSPS) is 23.5. The molecule has 1 unspecified atom stereocenters. The van der Waals surface area contributed by atoms with Crippen LogP contribution in [0.1, 0.15) is 23.2 Å². The van der Waals surface area contributed by atoms with Crippen molar-refractivity contribution >= 4 is 29.4 Å². The number of aldehydes is 1. The van der Waals surface area contributed by atoms with Gasteiger partial charge in [0, 0.05) is 18.8 Å². The number of carbonyl (C=O) groups excluding carboxylic acids is 2.